The van der Waals surface area contributed by atoms with Crippen molar-refractivity contribution in [1.29, 1.82) is 0 Å². The van der Waals surface area contributed by atoms with Crippen molar-refractivity contribution in [2.24, 2.45) is 0 Å². The summed E-state index contributed by atoms with van der Waals surface area (Å²) in [5.41, 5.74) is -0.329. The summed E-state index contributed by atoms with van der Waals surface area (Å²) < 4.78 is 6.30. The lowest BCUT2D eigenvalue weighted by Gasteiger charge is -2.10. The number of nitrogens with zero attached hydrogens (tertiary/aromatic N) is 3. The summed E-state index contributed by atoms with van der Waals surface area (Å²) in [6.45, 7) is 1.66. The predicted molar refractivity (Wildman–Crippen MR) is 109 cm³/mol. The maximum absolute atomic E-state index is 12.6. The van der Waals surface area contributed by atoms with Crippen LogP contribution in [-0.4, -0.2) is 33.2 Å². The molecule has 0 aliphatic carbocycles. The van der Waals surface area contributed by atoms with Gasteiger partial charge in [0.25, 0.3) is 11.5 Å². The number of carbonyl (C=O) groups is 2. The third-order valence-corrected chi connectivity index (χ3v) is 4.39. The fourth-order valence-electron chi connectivity index (χ4n) is 2.62. The van der Waals surface area contributed by atoms with Crippen molar-refractivity contribution in [3.63, 3.8) is 0 Å². The van der Waals surface area contributed by atoms with Gasteiger partial charge >= 0.3 is 5.97 Å². The number of ether oxygens (including phenoxy) is 1. The molecule has 150 valence electrons. The first-order chi connectivity index (χ1) is 13.9. The van der Waals surface area contributed by atoms with E-state index in [1.54, 1.807) is 24.3 Å². The van der Waals surface area contributed by atoms with E-state index in [2.05, 4.69) is 15.4 Å². The number of benzene rings is 1. The molecule has 1 aromatic carbocycles. The first kappa shape index (κ1) is 20.8. The van der Waals surface area contributed by atoms with Gasteiger partial charge in [-0.15, -0.1) is 0 Å². The predicted octanol–water partition coefficient (Wildman–Crippen LogP) is 3.30. The zero-order valence-electron chi connectivity index (χ0n) is 15.3. The summed E-state index contributed by atoms with van der Waals surface area (Å²) >= 11 is 11.7. The minimum atomic E-state index is -0.823. The van der Waals surface area contributed by atoms with Crippen LogP contribution >= 0.6 is 23.2 Å². The third kappa shape index (κ3) is 4.72. The van der Waals surface area contributed by atoms with Gasteiger partial charge in [0.1, 0.15) is 0 Å². The molecule has 0 fully saturated rings. The van der Waals surface area contributed by atoms with Gasteiger partial charge in [-0.2, -0.15) is 5.10 Å². The summed E-state index contributed by atoms with van der Waals surface area (Å²) in [7, 11) is 0. The van der Waals surface area contributed by atoms with E-state index in [0.717, 1.165) is 0 Å². The Hall–Kier alpha value is -2.97. The number of nitrogens with one attached hydrogen (secondary N) is 1. The topological polar surface area (TPSA) is 103 Å². The second-order valence-electron chi connectivity index (χ2n) is 6.03. The number of pyridine rings is 1. The number of rotatable bonds is 6. The van der Waals surface area contributed by atoms with E-state index in [0.29, 0.717) is 28.8 Å². The average Bonchev–Trinajstić information content (AvgIpc) is 2.70. The molecule has 2 aromatic heterocycles. The summed E-state index contributed by atoms with van der Waals surface area (Å²) in [4.78, 5) is 41.0. The number of aryl methyl sites for hydroxylation is 1. The Morgan fingerprint density at radius 2 is 1.93 bits per heavy atom. The quantitative estimate of drug-likeness (QED) is 0.596. The van der Waals surface area contributed by atoms with E-state index in [1.165, 1.54) is 16.9 Å². The smallest absolute Gasteiger partial charge is 0.359 e. The third-order valence-electron chi connectivity index (χ3n) is 3.90. The zero-order chi connectivity index (χ0) is 21.0. The number of aromatic nitrogens is 3. The van der Waals surface area contributed by atoms with E-state index >= 15 is 0 Å². The van der Waals surface area contributed by atoms with E-state index in [1.807, 2.05) is 6.92 Å². The molecule has 3 aromatic rings. The lowest BCUT2D eigenvalue weighted by Crippen LogP contribution is -2.27. The molecule has 0 aliphatic heterocycles. The molecule has 0 bridgehead atoms. The van der Waals surface area contributed by atoms with Crippen molar-refractivity contribution in [3.8, 4) is 0 Å². The number of anilines is 1. The van der Waals surface area contributed by atoms with E-state index in [-0.39, 0.29) is 22.1 Å². The van der Waals surface area contributed by atoms with Gasteiger partial charge in [-0.05, 0) is 18.6 Å². The molecule has 0 unspecified atom stereocenters. The molecule has 0 saturated heterocycles. The Labute approximate surface area is 175 Å². The van der Waals surface area contributed by atoms with Crippen LogP contribution in [-0.2, 0) is 16.1 Å². The van der Waals surface area contributed by atoms with Crippen molar-refractivity contribution in [2.45, 2.75) is 19.9 Å². The van der Waals surface area contributed by atoms with Crippen LogP contribution in [0, 0.1) is 0 Å². The van der Waals surface area contributed by atoms with E-state index in [9.17, 15) is 14.4 Å². The minimum Gasteiger partial charge on any atom is -0.451 e. The van der Waals surface area contributed by atoms with E-state index in [4.69, 9.17) is 27.9 Å². The molecule has 1 N–H and O–H groups in total. The SMILES string of the molecule is CCCn1nc(C(=O)OCC(=O)Nc2ncc(Cl)cc2Cl)c2ccccc2c1=O. The van der Waals surface area contributed by atoms with Crippen molar-refractivity contribution < 1.29 is 14.3 Å². The van der Waals surface area contributed by atoms with Crippen molar-refractivity contribution in [2.75, 3.05) is 11.9 Å². The number of esters is 1. The van der Waals surface area contributed by atoms with Crippen molar-refractivity contribution in [3.05, 3.63) is 62.6 Å². The maximum Gasteiger partial charge on any atom is 0.359 e. The molecular weight excluding hydrogens is 419 g/mol. The molecule has 29 heavy (non-hydrogen) atoms. The van der Waals surface area contributed by atoms with Crippen LogP contribution in [0.2, 0.25) is 10.0 Å². The average molecular weight is 435 g/mol. The Morgan fingerprint density at radius 1 is 1.21 bits per heavy atom. The molecule has 3 rings (SSSR count). The van der Waals surface area contributed by atoms with Gasteiger partial charge in [-0.25, -0.2) is 14.5 Å². The second kappa shape index (κ2) is 9.02. The van der Waals surface area contributed by atoms with Gasteiger partial charge in [0.15, 0.2) is 18.1 Å². The van der Waals surface area contributed by atoms with Crippen LogP contribution in [0.15, 0.2) is 41.3 Å². The molecule has 0 saturated carbocycles. The molecule has 1 amide bonds. The highest BCUT2D eigenvalue weighted by Gasteiger charge is 2.19. The van der Waals surface area contributed by atoms with Gasteiger partial charge < -0.3 is 10.1 Å². The second-order valence-corrected chi connectivity index (χ2v) is 6.87. The summed E-state index contributed by atoms with van der Waals surface area (Å²) in [6.07, 6.45) is 1.99. The highest BCUT2D eigenvalue weighted by atomic mass is 35.5. The standard InChI is InChI=1S/C19H16Cl2N4O4/c1-2-7-25-18(27)13-6-4-3-5-12(13)16(24-25)19(28)29-10-15(26)23-17-14(21)8-11(20)9-22-17/h3-6,8-9H,2,7,10H2,1H3,(H,22,23,26). The summed E-state index contributed by atoms with van der Waals surface area (Å²) in [5, 5.41) is 7.73. The summed E-state index contributed by atoms with van der Waals surface area (Å²) in [5.74, 6) is -1.37. The molecular formula is C19H16Cl2N4O4. The monoisotopic (exact) mass is 434 g/mol. The lowest BCUT2D eigenvalue weighted by atomic mass is 10.1. The number of fused-ring (bicyclic) bond motifs is 1. The van der Waals surface area contributed by atoms with Crippen LogP contribution in [0.1, 0.15) is 23.8 Å². The van der Waals surface area contributed by atoms with Crippen LogP contribution in [0.25, 0.3) is 10.8 Å². The van der Waals surface area contributed by atoms with Crippen LogP contribution < -0.4 is 10.9 Å². The number of amides is 1. The lowest BCUT2D eigenvalue weighted by molar-refractivity contribution is -0.119. The van der Waals surface area contributed by atoms with Crippen molar-refractivity contribution in [1.82, 2.24) is 14.8 Å². The summed E-state index contributed by atoms with van der Waals surface area (Å²) in [6, 6.07) is 8.03. The number of carbonyl (C=O) groups excluding carboxylic acids is 2. The highest BCUT2D eigenvalue weighted by molar-refractivity contribution is 6.36. The normalized spacial score (nSPS) is 10.7. The molecule has 8 nitrogen and oxygen atoms in total. The van der Waals surface area contributed by atoms with Gasteiger partial charge in [-0.3, -0.25) is 9.59 Å². The largest absolute Gasteiger partial charge is 0.451 e. The number of hydrogen-bond donors (Lipinski definition) is 1. The molecule has 2 heterocycles. The fraction of sp³-hybridized carbons (Fsp3) is 0.211. The Morgan fingerprint density at radius 3 is 2.62 bits per heavy atom. The van der Waals surface area contributed by atoms with Crippen molar-refractivity contribution >= 4 is 51.7 Å². The van der Waals surface area contributed by atoms with Crippen LogP contribution in [0.5, 0.6) is 0 Å². The highest BCUT2D eigenvalue weighted by Crippen LogP contribution is 2.22. The van der Waals surface area contributed by atoms with Gasteiger partial charge in [0.05, 0.1) is 15.4 Å². The van der Waals surface area contributed by atoms with Crippen LogP contribution in [0.4, 0.5) is 5.82 Å². The molecule has 0 radical (unpaired) electrons. The molecule has 0 atom stereocenters. The van der Waals surface area contributed by atoms with Gasteiger partial charge in [0.2, 0.25) is 0 Å². The van der Waals surface area contributed by atoms with E-state index < -0.39 is 18.5 Å². The van der Waals surface area contributed by atoms with Gasteiger partial charge in [-0.1, -0.05) is 48.3 Å². The van der Waals surface area contributed by atoms with Gasteiger partial charge in [0, 0.05) is 18.1 Å². The Kier molecular flexibility index (Phi) is 6.46. The fourth-order valence-corrected chi connectivity index (χ4v) is 3.05. The molecule has 10 heteroatoms. The number of halogens is 2. The first-order valence-corrected chi connectivity index (χ1v) is 9.44. The Balaban J connectivity index is 1.78. The first-order valence-electron chi connectivity index (χ1n) is 8.68. The number of hydrogen-bond acceptors (Lipinski definition) is 6. The maximum atomic E-state index is 12.6. The molecule has 0 spiro atoms. The molecule has 0 aliphatic rings. The van der Waals surface area contributed by atoms with Crippen LogP contribution in [0.3, 0.4) is 0 Å². The zero-order valence-corrected chi connectivity index (χ0v) is 16.8. The minimum absolute atomic E-state index is 0.0379. The Bertz CT molecular complexity index is 1150.